The predicted molar refractivity (Wildman–Crippen MR) is 108 cm³/mol. The lowest BCUT2D eigenvalue weighted by Gasteiger charge is -2.18. The fourth-order valence-electron chi connectivity index (χ4n) is 3.56. The third kappa shape index (κ3) is 4.06. The van der Waals surface area contributed by atoms with E-state index < -0.39 is 0 Å². The first-order valence-corrected chi connectivity index (χ1v) is 9.77. The van der Waals surface area contributed by atoms with Crippen LogP contribution in [0.5, 0.6) is 0 Å². The van der Waals surface area contributed by atoms with E-state index in [0.717, 1.165) is 5.56 Å². The maximum absolute atomic E-state index is 13.9. The molecule has 29 heavy (non-hydrogen) atoms. The van der Waals surface area contributed by atoms with Crippen molar-refractivity contribution in [1.29, 1.82) is 0 Å². The van der Waals surface area contributed by atoms with E-state index in [2.05, 4.69) is 43.0 Å². The SMILES string of the molecule is CC(C)(C)c1ccc(-c2noc(C3CC(=O)N(Cc4ccccc4F)C3)n2)cc1. The lowest BCUT2D eigenvalue weighted by Crippen LogP contribution is -2.24. The molecule has 0 spiro atoms. The van der Waals surface area contributed by atoms with E-state index >= 15 is 0 Å². The molecule has 1 aliphatic heterocycles. The van der Waals surface area contributed by atoms with Crippen LogP contribution in [0.2, 0.25) is 0 Å². The van der Waals surface area contributed by atoms with Gasteiger partial charge in [0.1, 0.15) is 5.82 Å². The van der Waals surface area contributed by atoms with Crippen LogP contribution in [0.1, 0.15) is 50.1 Å². The molecule has 1 fully saturated rings. The molecule has 3 aromatic rings. The molecule has 4 rings (SSSR count). The Hall–Kier alpha value is -3.02. The van der Waals surface area contributed by atoms with Crippen molar-refractivity contribution in [2.75, 3.05) is 6.54 Å². The van der Waals surface area contributed by atoms with Gasteiger partial charge in [-0.05, 0) is 17.0 Å². The molecular weight excluding hydrogens is 369 g/mol. The Bertz CT molecular complexity index is 1020. The summed E-state index contributed by atoms with van der Waals surface area (Å²) in [7, 11) is 0. The van der Waals surface area contributed by atoms with Gasteiger partial charge in [0.15, 0.2) is 0 Å². The molecule has 1 atom stereocenters. The summed E-state index contributed by atoms with van der Waals surface area (Å²) in [6, 6.07) is 14.6. The van der Waals surface area contributed by atoms with E-state index in [1.807, 2.05) is 12.1 Å². The number of amides is 1. The zero-order valence-corrected chi connectivity index (χ0v) is 16.9. The van der Waals surface area contributed by atoms with Gasteiger partial charge in [-0.1, -0.05) is 68.4 Å². The number of hydrogen-bond donors (Lipinski definition) is 0. The van der Waals surface area contributed by atoms with Crippen LogP contribution in [0, 0.1) is 5.82 Å². The number of carbonyl (C=O) groups excluding carboxylic acids is 1. The summed E-state index contributed by atoms with van der Waals surface area (Å²) in [5.74, 6) is 0.448. The van der Waals surface area contributed by atoms with Crippen LogP contribution in [-0.4, -0.2) is 27.5 Å². The van der Waals surface area contributed by atoms with Crippen LogP contribution in [-0.2, 0) is 16.8 Å². The molecule has 0 N–H and O–H groups in total. The number of carbonyl (C=O) groups is 1. The summed E-state index contributed by atoms with van der Waals surface area (Å²) in [4.78, 5) is 18.6. The van der Waals surface area contributed by atoms with Gasteiger partial charge < -0.3 is 9.42 Å². The molecular formula is C23H24FN3O2. The molecule has 150 valence electrons. The number of rotatable bonds is 4. The smallest absolute Gasteiger partial charge is 0.232 e. The van der Waals surface area contributed by atoms with Crippen molar-refractivity contribution < 1.29 is 13.7 Å². The summed E-state index contributed by atoms with van der Waals surface area (Å²) in [5, 5.41) is 4.10. The van der Waals surface area contributed by atoms with Crippen LogP contribution in [0.4, 0.5) is 4.39 Å². The Morgan fingerprint density at radius 1 is 1.14 bits per heavy atom. The van der Waals surface area contributed by atoms with Crippen LogP contribution in [0.15, 0.2) is 53.1 Å². The van der Waals surface area contributed by atoms with Crippen LogP contribution >= 0.6 is 0 Å². The molecule has 2 heterocycles. The van der Waals surface area contributed by atoms with Crippen LogP contribution in [0.25, 0.3) is 11.4 Å². The number of nitrogens with zero attached hydrogens (tertiary/aromatic N) is 3. The lowest BCUT2D eigenvalue weighted by atomic mass is 9.87. The number of benzene rings is 2. The molecule has 1 aliphatic rings. The van der Waals surface area contributed by atoms with Crippen molar-refractivity contribution in [3.63, 3.8) is 0 Å². The summed E-state index contributed by atoms with van der Waals surface area (Å²) < 4.78 is 19.4. The van der Waals surface area contributed by atoms with E-state index in [4.69, 9.17) is 4.52 Å². The Kier molecular flexibility index (Phi) is 4.94. The van der Waals surface area contributed by atoms with E-state index in [0.29, 0.717) is 30.2 Å². The average Bonchev–Trinajstić information content (AvgIpc) is 3.30. The second kappa shape index (κ2) is 7.43. The van der Waals surface area contributed by atoms with Gasteiger partial charge in [0, 0.05) is 30.6 Å². The standard InChI is InChI=1S/C23H24FN3O2/c1-23(2,3)18-10-8-15(9-11-18)21-25-22(29-26-21)17-12-20(28)27(14-17)13-16-6-4-5-7-19(16)24/h4-11,17H,12-14H2,1-3H3. The van der Waals surface area contributed by atoms with Gasteiger partial charge in [-0.2, -0.15) is 4.98 Å². The average molecular weight is 393 g/mol. The second-order valence-corrected chi connectivity index (χ2v) is 8.55. The minimum Gasteiger partial charge on any atom is -0.339 e. The maximum Gasteiger partial charge on any atom is 0.232 e. The third-order valence-corrected chi connectivity index (χ3v) is 5.33. The Morgan fingerprint density at radius 3 is 2.55 bits per heavy atom. The first kappa shape index (κ1) is 19.3. The van der Waals surface area contributed by atoms with Crippen LogP contribution in [0.3, 0.4) is 0 Å². The molecule has 1 saturated heterocycles. The van der Waals surface area contributed by atoms with Gasteiger partial charge in [0.05, 0.1) is 5.92 Å². The Labute approximate surface area is 169 Å². The zero-order valence-electron chi connectivity index (χ0n) is 16.9. The minimum atomic E-state index is -0.303. The third-order valence-electron chi connectivity index (χ3n) is 5.33. The summed E-state index contributed by atoms with van der Waals surface area (Å²) in [6.07, 6.45) is 0.291. The van der Waals surface area contributed by atoms with Crippen molar-refractivity contribution in [3.8, 4) is 11.4 Å². The largest absolute Gasteiger partial charge is 0.339 e. The fourth-order valence-corrected chi connectivity index (χ4v) is 3.56. The quantitative estimate of drug-likeness (QED) is 0.645. The molecule has 2 aromatic carbocycles. The molecule has 0 aliphatic carbocycles. The molecule has 1 amide bonds. The Morgan fingerprint density at radius 2 is 1.86 bits per heavy atom. The zero-order chi connectivity index (χ0) is 20.6. The highest BCUT2D eigenvalue weighted by Crippen LogP contribution is 2.30. The normalized spacial score (nSPS) is 17.2. The molecule has 1 aromatic heterocycles. The predicted octanol–water partition coefficient (Wildman–Crippen LogP) is 4.69. The van der Waals surface area contributed by atoms with Gasteiger partial charge in [-0.3, -0.25) is 4.79 Å². The van der Waals surface area contributed by atoms with E-state index in [1.54, 1.807) is 23.1 Å². The highest BCUT2D eigenvalue weighted by Gasteiger charge is 2.34. The summed E-state index contributed by atoms with van der Waals surface area (Å²) in [5.41, 5.74) is 2.69. The number of hydrogen-bond acceptors (Lipinski definition) is 4. The van der Waals surface area contributed by atoms with Crippen molar-refractivity contribution in [1.82, 2.24) is 15.0 Å². The van der Waals surface area contributed by atoms with E-state index in [1.165, 1.54) is 11.6 Å². The molecule has 0 radical (unpaired) electrons. The van der Waals surface area contributed by atoms with Crippen molar-refractivity contribution in [2.24, 2.45) is 0 Å². The first-order chi connectivity index (χ1) is 13.8. The minimum absolute atomic E-state index is 0.0347. The Balaban J connectivity index is 1.47. The number of halogens is 1. The highest BCUT2D eigenvalue weighted by atomic mass is 19.1. The molecule has 6 heteroatoms. The van der Waals surface area contributed by atoms with E-state index in [9.17, 15) is 9.18 Å². The fraction of sp³-hybridized carbons (Fsp3) is 0.348. The van der Waals surface area contributed by atoms with Crippen LogP contribution < -0.4 is 0 Å². The van der Waals surface area contributed by atoms with Crippen molar-refractivity contribution in [3.05, 3.63) is 71.4 Å². The monoisotopic (exact) mass is 393 g/mol. The molecule has 0 saturated carbocycles. The number of likely N-dealkylation sites (tertiary alicyclic amines) is 1. The summed E-state index contributed by atoms with van der Waals surface area (Å²) in [6.45, 7) is 7.19. The van der Waals surface area contributed by atoms with Crippen molar-refractivity contribution >= 4 is 5.91 Å². The van der Waals surface area contributed by atoms with Gasteiger partial charge in [-0.25, -0.2) is 4.39 Å². The van der Waals surface area contributed by atoms with Gasteiger partial charge in [0.25, 0.3) is 0 Å². The van der Waals surface area contributed by atoms with Gasteiger partial charge in [0.2, 0.25) is 17.6 Å². The van der Waals surface area contributed by atoms with Crippen molar-refractivity contribution in [2.45, 2.75) is 45.1 Å². The lowest BCUT2D eigenvalue weighted by molar-refractivity contribution is -0.128. The number of aromatic nitrogens is 2. The summed E-state index contributed by atoms with van der Waals surface area (Å²) >= 11 is 0. The molecule has 5 nitrogen and oxygen atoms in total. The molecule has 1 unspecified atom stereocenters. The molecule has 0 bridgehead atoms. The van der Waals surface area contributed by atoms with Gasteiger partial charge in [-0.15, -0.1) is 0 Å². The maximum atomic E-state index is 13.9. The van der Waals surface area contributed by atoms with Gasteiger partial charge >= 0.3 is 0 Å². The second-order valence-electron chi connectivity index (χ2n) is 8.55. The topological polar surface area (TPSA) is 59.2 Å². The van der Waals surface area contributed by atoms with E-state index in [-0.39, 0.29) is 29.6 Å². The first-order valence-electron chi connectivity index (χ1n) is 9.77. The highest BCUT2D eigenvalue weighted by molar-refractivity contribution is 5.79.